The van der Waals surface area contributed by atoms with E-state index in [9.17, 15) is 9.59 Å². The first-order valence-electron chi connectivity index (χ1n) is 7.04. The van der Waals surface area contributed by atoms with Crippen LogP contribution in [-0.4, -0.2) is 39.5 Å². The predicted octanol–water partition coefficient (Wildman–Crippen LogP) is 2.12. The number of ether oxygens (including phenoxy) is 2. The molecule has 0 radical (unpaired) electrons. The summed E-state index contributed by atoms with van der Waals surface area (Å²) in [5, 5.41) is 0. The summed E-state index contributed by atoms with van der Waals surface area (Å²) >= 11 is 0. The van der Waals surface area contributed by atoms with E-state index in [1.165, 1.54) is 6.92 Å². The van der Waals surface area contributed by atoms with Gasteiger partial charge in [0.15, 0.2) is 5.79 Å². The average Bonchev–Trinajstić information content (AvgIpc) is 2.37. The van der Waals surface area contributed by atoms with Crippen molar-refractivity contribution in [3.8, 4) is 0 Å². The van der Waals surface area contributed by atoms with Crippen molar-refractivity contribution >= 4 is 20.5 Å². The Hall–Kier alpha value is -0.923. The summed E-state index contributed by atoms with van der Waals surface area (Å²) in [4.78, 5) is 23.3. The van der Waals surface area contributed by atoms with Crippen molar-refractivity contribution < 1.29 is 27.9 Å². The summed E-state index contributed by atoms with van der Waals surface area (Å²) in [5.41, 5.74) is 0. The fourth-order valence-electron chi connectivity index (χ4n) is 2.11. The predicted molar refractivity (Wildman–Crippen MR) is 74.1 cm³/mol. The van der Waals surface area contributed by atoms with Gasteiger partial charge in [0.05, 0.1) is 19.6 Å². The number of carbonyl (C=O) groups excluding carboxylic acids is 2. The van der Waals surface area contributed by atoms with E-state index in [-0.39, 0.29) is 6.42 Å². The number of rotatable bonds is 6. The van der Waals surface area contributed by atoms with E-state index in [4.69, 9.17) is 18.3 Å². The first-order chi connectivity index (χ1) is 9.35. The molecule has 0 aromatic carbocycles. The molecule has 0 atom stereocenters. The van der Waals surface area contributed by atoms with Crippen LogP contribution in [0.2, 0.25) is 12.1 Å². The fraction of sp³-hybridized carbons (Fsp3) is 0.846. The van der Waals surface area contributed by atoms with E-state index in [1.807, 2.05) is 13.8 Å². The quantitative estimate of drug-likeness (QED) is 0.700. The molecule has 0 spiro atoms. The normalized spacial score (nSPS) is 18.4. The van der Waals surface area contributed by atoms with Crippen LogP contribution in [0.25, 0.3) is 0 Å². The zero-order valence-electron chi connectivity index (χ0n) is 12.7. The number of hydrogen-bond donors (Lipinski definition) is 0. The van der Waals surface area contributed by atoms with Gasteiger partial charge in [-0.3, -0.25) is 9.59 Å². The van der Waals surface area contributed by atoms with E-state index in [1.54, 1.807) is 6.92 Å². The highest BCUT2D eigenvalue weighted by molar-refractivity contribution is 6.70. The van der Waals surface area contributed by atoms with Crippen LogP contribution in [0.15, 0.2) is 0 Å². The van der Waals surface area contributed by atoms with Gasteiger partial charge in [-0.15, -0.1) is 0 Å². The molecule has 6 nitrogen and oxygen atoms in total. The van der Waals surface area contributed by atoms with Gasteiger partial charge in [0, 0.05) is 19.0 Å². The Bertz CT molecular complexity index is 347. The third-order valence-corrected chi connectivity index (χ3v) is 6.69. The average molecular weight is 304 g/mol. The van der Waals surface area contributed by atoms with Crippen LogP contribution in [-0.2, 0) is 27.9 Å². The summed E-state index contributed by atoms with van der Waals surface area (Å²) in [6, 6.07) is 1.07. The molecule has 0 N–H and O–H groups in total. The van der Waals surface area contributed by atoms with Gasteiger partial charge < -0.3 is 18.3 Å². The minimum Gasteiger partial charge on any atom is -0.485 e. The van der Waals surface area contributed by atoms with Crippen molar-refractivity contribution in [3.05, 3.63) is 0 Å². The molecule has 1 rings (SSSR count). The zero-order chi connectivity index (χ0) is 15.2. The molecule has 0 aliphatic carbocycles. The first-order valence-corrected chi connectivity index (χ1v) is 9.27. The third-order valence-electron chi connectivity index (χ3n) is 3.28. The highest BCUT2D eigenvalue weighted by Gasteiger charge is 2.43. The molecule has 0 aromatic heterocycles. The van der Waals surface area contributed by atoms with Crippen LogP contribution in [0, 0.1) is 0 Å². The molecule has 0 unspecified atom stereocenters. The lowest BCUT2D eigenvalue weighted by Crippen LogP contribution is -2.47. The summed E-state index contributed by atoms with van der Waals surface area (Å²) < 4.78 is 21.8. The van der Waals surface area contributed by atoms with Gasteiger partial charge in [-0.25, -0.2) is 0 Å². The molecule has 0 saturated carbocycles. The smallest absolute Gasteiger partial charge is 0.463 e. The van der Waals surface area contributed by atoms with Gasteiger partial charge in [0.25, 0.3) is 11.9 Å². The van der Waals surface area contributed by atoms with Crippen LogP contribution in [0.4, 0.5) is 0 Å². The Kier molecular flexibility index (Phi) is 6.16. The largest absolute Gasteiger partial charge is 0.485 e. The van der Waals surface area contributed by atoms with E-state index in [0.717, 1.165) is 6.42 Å². The second kappa shape index (κ2) is 7.19. The van der Waals surface area contributed by atoms with Crippen molar-refractivity contribution in [1.29, 1.82) is 0 Å². The second-order valence-corrected chi connectivity index (χ2v) is 8.69. The SMILES string of the molecule is CC[Si](CC)(OC(C)=O)OC(=O)CC1(C)OCCCO1. The van der Waals surface area contributed by atoms with Crippen molar-refractivity contribution in [1.82, 2.24) is 0 Å². The van der Waals surface area contributed by atoms with Gasteiger partial charge >= 0.3 is 8.56 Å². The van der Waals surface area contributed by atoms with Crippen molar-refractivity contribution in [2.24, 2.45) is 0 Å². The Morgan fingerprint density at radius 2 is 1.70 bits per heavy atom. The molecule has 1 saturated heterocycles. The molecule has 1 aliphatic rings. The third kappa shape index (κ3) is 4.88. The molecule has 20 heavy (non-hydrogen) atoms. The maximum absolute atomic E-state index is 12.1. The Labute approximate surface area is 121 Å². The lowest BCUT2D eigenvalue weighted by Gasteiger charge is -2.34. The van der Waals surface area contributed by atoms with E-state index >= 15 is 0 Å². The van der Waals surface area contributed by atoms with Gasteiger partial charge in [-0.1, -0.05) is 13.8 Å². The van der Waals surface area contributed by atoms with E-state index < -0.39 is 26.3 Å². The van der Waals surface area contributed by atoms with E-state index in [2.05, 4.69) is 0 Å². The van der Waals surface area contributed by atoms with Crippen LogP contribution >= 0.6 is 0 Å². The molecular weight excluding hydrogens is 280 g/mol. The van der Waals surface area contributed by atoms with Gasteiger partial charge in [-0.05, 0) is 13.3 Å². The van der Waals surface area contributed by atoms with Gasteiger partial charge in [0.1, 0.15) is 0 Å². The summed E-state index contributed by atoms with van der Waals surface area (Å²) in [6.45, 7) is 7.91. The number of hydrogen-bond acceptors (Lipinski definition) is 6. The molecule has 1 heterocycles. The lowest BCUT2D eigenvalue weighted by molar-refractivity contribution is -0.258. The minimum absolute atomic E-state index is 0.00299. The maximum Gasteiger partial charge on any atom is 0.463 e. The van der Waals surface area contributed by atoms with Crippen molar-refractivity contribution in [2.45, 2.75) is 58.4 Å². The summed E-state index contributed by atoms with van der Waals surface area (Å²) in [6.07, 6.45) is 0.823. The molecule has 0 aromatic rings. The fourth-order valence-corrected chi connectivity index (χ4v) is 4.24. The highest BCUT2D eigenvalue weighted by Crippen LogP contribution is 2.25. The standard InChI is InChI=1S/C13H24O6Si/c1-5-20(6-2,18-11(3)14)19-12(15)10-13(4)16-8-7-9-17-13/h5-10H2,1-4H3. The van der Waals surface area contributed by atoms with E-state index in [0.29, 0.717) is 25.3 Å². The monoisotopic (exact) mass is 304 g/mol. The molecule has 0 amide bonds. The van der Waals surface area contributed by atoms with Crippen LogP contribution in [0.5, 0.6) is 0 Å². The first kappa shape index (κ1) is 17.1. The summed E-state index contributed by atoms with van der Waals surface area (Å²) in [5.74, 6) is -1.79. The summed E-state index contributed by atoms with van der Waals surface area (Å²) in [7, 11) is -2.80. The maximum atomic E-state index is 12.1. The number of carbonyl (C=O) groups is 2. The Balaban J connectivity index is 2.63. The molecule has 0 bridgehead atoms. The van der Waals surface area contributed by atoms with Gasteiger partial charge in [-0.2, -0.15) is 0 Å². The molecule has 7 heteroatoms. The van der Waals surface area contributed by atoms with Crippen molar-refractivity contribution in [3.63, 3.8) is 0 Å². The van der Waals surface area contributed by atoms with Crippen molar-refractivity contribution in [2.75, 3.05) is 13.2 Å². The molecular formula is C13H24O6Si. The Morgan fingerprint density at radius 3 is 2.15 bits per heavy atom. The van der Waals surface area contributed by atoms with Gasteiger partial charge in [0.2, 0.25) is 0 Å². The second-order valence-electron chi connectivity index (χ2n) is 5.05. The highest BCUT2D eigenvalue weighted by atomic mass is 28.4. The zero-order valence-corrected chi connectivity index (χ0v) is 13.7. The van der Waals surface area contributed by atoms with Crippen LogP contribution in [0.1, 0.15) is 40.5 Å². The topological polar surface area (TPSA) is 71.1 Å². The minimum atomic E-state index is -2.80. The lowest BCUT2D eigenvalue weighted by atomic mass is 10.2. The molecule has 1 fully saturated rings. The molecule has 116 valence electrons. The molecule has 1 aliphatic heterocycles. The van der Waals surface area contributed by atoms with Crippen LogP contribution in [0.3, 0.4) is 0 Å². The van der Waals surface area contributed by atoms with Crippen LogP contribution < -0.4 is 0 Å². The Morgan fingerprint density at radius 1 is 1.15 bits per heavy atom.